The maximum atomic E-state index is 12.2. The van der Waals surface area contributed by atoms with Gasteiger partial charge in [0.1, 0.15) is 22.3 Å². The molecule has 0 aliphatic heterocycles. The zero-order valence-electron chi connectivity index (χ0n) is 12.0. The molecule has 3 heterocycles. The van der Waals surface area contributed by atoms with Gasteiger partial charge in [0.15, 0.2) is 5.16 Å². The molecule has 0 spiro atoms. The summed E-state index contributed by atoms with van der Waals surface area (Å²) in [5, 5.41) is 1.12. The smallest absolute Gasteiger partial charge is 0.259 e. The maximum Gasteiger partial charge on any atom is 0.259 e. The molecule has 114 valence electrons. The first-order chi connectivity index (χ1) is 10.4. The van der Waals surface area contributed by atoms with E-state index in [0.717, 1.165) is 15.3 Å². The average Bonchev–Trinajstić information content (AvgIpc) is 2.71. The fourth-order valence-corrected chi connectivity index (χ4v) is 3.82. The van der Waals surface area contributed by atoms with Crippen LogP contribution in [0.5, 0.6) is 0 Å². The monoisotopic (exact) mass is 334 g/mol. The number of nitrogens with one attached hydrogen (secondary N) is 1. The van der Waals surface area contributed by atoms with Gasteiger partial charge in [-0.15, -0.1) is 11.3 Å². The summed E-state index contributed by atoms with van der Waals surface area (Å²) in [5.74, 6) is 1.64. The van der Waals surface area contributed by atoms with Crippen molar-refractivity contribution in [2.45, 2.75) is 24.8 Å². The Morgan fingerprint density at radius 2 is 1.91 bits per heavy atom. The van der Waals surface area contributed by atoms with Gasteiger partial charge < -0.3 is 16.5 Å². The molecule has 0 saturated heterocycles. The van der Waals surface area contributed by atoms with Crippen LogP contribution in [0.1, 0.15) is 16.3 Å². The number of H-pyrrole nitrogens is 1. The van der Waals surface area contributed by atoms with Crippen LogP contribution in [0, 0.1) is 13.8 Å². The van der Waals surface area contributed by atoms with E-state index in [1.54, 1.807) is 0 Å². The number of aryl methyl sites for hydroxylation is 2. The lowest BCUT2D eigenvalue weighted by atomic mass is 10.2. The van der Waals surface area contributed by atoms with Gasteiger partial charge in [-0.2, -0.15) is 0 Å². The molecule has 22 heavy (non-hydrogen) atoms. The van der Waals surface area contributed by atoms with Crippen LogP contribution in [0.15, 0.2) is 16.0 Å². The number of aromatic nitrogens is 4. The number of nitrogen functional groups attached to an aromatic ring is 2. The third-order valence-corrected chi connectivity index (χ3v) is 5.13. The van der Waals surface area contributed by atoms with Crippen LogP contribution in [0.3, 0.4) is 0 Å². The molecule has 0 atom stereocenters. The Hall–Kier alpha value is -2.13. The number of nitrogens with two attached hydrogens (primary N) is 2. The second-order valence-corrected chi connectivity index (χ2v) is 6.91. The molecule has 3 aromatic rings. The maximum absolute atomic E-state index is 12.2. The topological polar surface area (TPSA) is 124 Å². The Balaban J connectivity index is 1.89. The highest BCUT2D eigenvalue weighted by atomic mass is 32.2. The predicted octanol–water partition coefficient (Wildman–Crippen LogP) is 1.85. The van der Waals surface area contributed by atoms with Gasteiger partial charge in [0.05, 0.1) is 11.1 Å². The molecule has 0 aliphatic carbocycles. The lowest BCUT2D eigenvalue weighted by molar-refractivity contribution is 0.974. The molecule has 9 heteroatoms. The summed E-state index contributed by atoms with van der Waals surface area (Å²) in [5.41, 5.74) is 12.1. The highest BCUT2D eigenvalue weighted by molar-refractivity contribution is 7.98. The summed E-state index contributed by atoms with van der Waals surface area (Å²) >= 11 is 2.84. The van der Waals surface area contributed by atoms with Gasteiger partial charge in [-0.05, 0) is 19.4 Å². The summed E-state index contributed by atoms with van der Waals surface area (Å²) in [6, 6.07) is 1.49. The summed E-state index contributed by atoms with van der Waals surface area (Å²) in [6.45, 7) is 3.92. The minimum Gasteiger partial charge on any atom is -0.383 e. The highest BCUT2D eigenvalue weighted by Crippen LogP contribution is 2.26. The zero-order chi connectivity index (χ0) is 15.9. The normalized spacial score (nSPS) is 11.2. The Bertz CT molecular complexity index is 897. The Morgan fingerprint density at radius 1 is 1.23 bits per heavy atom. The summed E-state index contributed by atoms with van der Waals surface area (Å²) in [4.78, 5) is 29.5. The zero-order valence-corrected chi connectivity index (χ0v) is 13.6. The molecule has 0 amide bonds. The van der Waals surface area contributed by atoms with Crippen LogP contribution in [0.4, 0.5) is 11.6 Å². The summed E-state index contributed by atoms with van der Waals surface area (Å²) < 4.78 is 0. The van der Waals surface area contributed by atoms with E-state index >= 15 is 0 Å². The Labute approximate surface area is 134 Å². The second-order valence-electron chi connectivity index (χ2n) is 4.76. The number of aromatic amines is 1. The van der Waals surface area contributed by atoms with Crippen molar-refractivity contribution in [2.75, 3.05) is 11.5 Å². The van der Waals surface area contributed by atoms with Crippen LogP contribution in [-0.4, -0.2) is 19.9 Å². The molecule has 0 saturated carbocycles. The fourth-order valence-electron chi connectivity index (χ4n) is 2.03. The van der Waals surface area contributed by atoms with Crippen molar-refractivity contribution in [1.29, 1.82) is 0 Å². The molecule has 0 unspecified atom stereocenters. The molecule has 0 bridgehead atoms. The van der Waals surface area contributed by atoms with E-state index in [1.165, 1.54) is 29.2 Å². The number of fused-ring (bicyclic) bond motifs is 1. The minimum absolute atomic E-state index is 0.115. The summed E-state index contributed by atoms with van der Waals surface area (Å²) in [6.07, 6.45) is 0. The van der Waals surface area contributed by atoms with Crippen LogP contribution in [0.25, 0.3) is 10.2 Å². The van der Waals surface area contributed by atoms with Gasteiger partial charge in [0, 0.05) is 10.9 Å². The van der Waals surface area contributed by atoms with Crippen molar-refractivity contribution in [3.63, 3.8) is 0 Å². The van der Waals surface area contributed by atoms with Crippen molar-refractivity contribution in [3.8, 4) is 0 Å². The van der Waals surface area contributed by atoms with Gasteiger partial charge in [-0.3, -0.25) is 4.79 Å². The standard InChI is InChI=1S/C13H14N6OS2/c1-5-6(2)22-12-10(5)11(20)18-9(19-12)4-21-13-16-7(14)3-8(15)17-13/h3H,4H2,1-2H3,(H,18,19,20)(H4,14,15,16,17). The minimum atomic E-state index is -0.115. The van der Waals surface area contributed by atoms with Gasteiger partial charge >= 0.3 is 0 Å². The van der Waals surface area contributed by atoms with E-state index in [-0.39, 0.29) is 5.56 Å². The predicted molar refractivity (Wildman–Crippen MR) is 90.1 cm³/mol. The van der Waals surface area contributed by atoms with Crippen LogP contribution >= 0.6 is 23.1 Å². The van der Waals surface area contributed by atoms with E-state index in [4.69, 9.17) is 11.5 Å². The number of rotatable bonds is 3. The number of anilines is 2. The number of thioether (sulfide) groups is 1. The third kappa shape index (κ3) is 2.77. The lowest BCUT2D eigenvalue weighted by Crippen LogP contribution is -2.11. The molecule has 3 aromatic heterocycles. The molecular formula is C13H14N6OS2. The highest BCUT2D eigenvalue weighted by Gasteiger charge is 2.12. The van der Waals surface area contributed by atoms with E-state index in [1.807, 2.05) is 13.8 Å². The molecule has 0 aromatic carbocycles. The number of nitrogens with zero attached hydrogens (tertiary/aromatic N) is 3. The van der Waals surface area contributed by atoms with E-state index in [0.29, 0.717) is 33.8 Å². The van der Waals surface area contributed by atoms with Gasteiger partial charge in [0.25, 0.3) is 5.56 Å². The largest absolute Gasteiger partial charge is 0.383 e. The van der Waals surface area contributed by atoms with E-state index < -0.39 is 0 Å². The van der Waals surface area contributed by atoms with Crippen LogP contribution in [0.2, 0.25) is 0 Å². The van der Waals surface area contributed by atoms with Gasteiger partial charge in [0.2, 0.25) is 0 Å². The van der Waals surface area contributed by atoms with E-state index in [2.05, 4.69) is 19.9 Å². The first-order valence-corrected chi connectivity index (χ1v) is 8.26. The van der Waals surface area contributed by atoms with Gasteiger partial charge in [-0.25, -0.2) is 15.0 Å². The fraction of sp³-hybridized carbons (Fsp3) is 0.231. The first kappa shape index (κ1) is 14.8. The van der Waals surface area contributed by atoms with Crippen molar-refractivity contribution in [2.24, 2.45) is 0 Å². The number of hydrogen-bond donors (Lipinski definition) is 3. The molecule has 3 rings (SSSR count). The molecule has 0 radical (unpaired) electrons. The lowest BCUT2D eigenvalue weighted by Gasteiger charge is -2.03. The average molecular weight is 334 g/mol. The number of hydrogen-bond acceptors (Lipinski definition) is 8. The first-order valence-electron chi connectivity index (χ1n) is 6.46. The van der Waals surface area contributed by atoms with Crippen LogP contribution in [-0.2, 0) is 5.75 Å². The Kier molecular flexibility index (Phi) is 3.75. The van der Waals surface area contributed by atoms with Gasteiger partial charge in [-0.1, -0.05) is 11.8 Å². The summed E-state index contributed by atoms with van der Waals surface area (Å²) in [7, 11) is 0. The van der Waals surface area contributed by atoms with Crippen molar-refractivity contribution >= 4 is 45.0 Å². The second kappa shape index (κ2) is 5.58. The Morgan fingerprint density at radius 3 is 2.59 bits per heavy atom. The molecular weight excluding hydrogens is 320 g/mol. The molecule has 5 N–H and O–H groups in total. The van der Waals surface area contributed by atoms with Crippen molar-refractivity contribution < 1.29 is 0 Å². The molecule has 7 nitrogen and oxygen atoms in total. The third-order valence-electron chi connectivity index (χ3n) is 3.17. The SMILES string of the molecule is Cc1sc2nc(CSc3nc(N)cc(N)n3)[nH]c(=O)c2c1C. The van der Waals surface area contributed by atoms with Crippen LogP contribution < -0.4 is 17.0 Å². The molecule has 0 fully saturated rings. The molecule has 0 aliphatic rings. The quantitative estimate of drug-likeness (QED) is 0.493. The van der Waals surface area contributed by atoms with E-state index in [9.17, 15) is 4.79 Å². The van der Waals surface area contributed by atoms with Crippen molar-refractivity contribution in [1.82, 2.24) is 19.9 Å². The number of thiophene rings is 1. The van der Waals surface area contributed by atoms with Crippen molar-refractivity contribution in [3.05, 3.63) is 32.7 Å².